The molecule has 1 heterocycles. The van der Waals surface area contributed by atoms with Crippen LogP contribution in [0.4, 0.5) is 17.2 Å². The summed E-state index contributed by atoms with van der Waals surface area (Å²) in [6.45, 7) is 1.61. The average Bonchev–Trinajstić information content (AvgIpc) is 2.83. The summed E-state index contributed by atoms with van der Waals surface area (Å²) >= 11 is 5.76. The normalized spacial score (nSPS) is 10.3. The molecule has 8 nitrogen and oxygen atoms in total. The second-order valence-corrected chi connectivity index (χ2v) is 5.05. The van der Waals surface area contributed by atoms with Crippen molar-refractivity contribution in [1.29, 1.82) is 0 Å². The molecule has 116 valence electrons. The van der Waals surface area contributed by atoms with Crippen LogP contribution in [-0.2, 0) is 4.79 Å². The van der Waals surface area contributed by atoms with Gasteiger partial charge in [0.05, 0.1) is 11.5 Å². The van der Waals surface area contributed by atoms with Gasteiger partial charge in [0.15, 0.2) is 5.82 Å². The molecule has 0 fully saturated rings. The van der Waals surface area contributed by atoms with Gasteiger partial charge in [-0.1, -0.05) is 16.8 Å². The van der Waals surface area contributed by atoms with E-state index in [0.717, 1.165) is 0 Å². The van der Waals surface area contributed by atoms with Gasteiger partial charge in [0.1, 0.15) is 11.4 Å². The van der Waals surface area contributed by atoms with E-state index in [0.29, 0.717) is 17.3 Å². The van der Waals surface area contributed by atoms with E-state index in [-0.39, 0.29) is 23.2 Å². The minimum Gasteiger partial charge on any atom is -0.360 e. The maximum Gasteiger partial charge on any atom is 0.294 e. The van der Waals surface area contributed by atoms with Crippen LogP contribution in [0.25, 0.3) is 0 Å². The molecule has 1 N–H and O–H groups in total. The molecular weight excluding hydrogens is 312 g/mol. The molecule has 0 aliphatic rings. The lowest BCUT2D eigenvalue weighted by Gasteiger charge is -2.18. The van der Waals surface area contributed by atoms with E-state index in [9.17, 15) is 14.9 Å². The third-order valence-electron chi connectivity index (χ3n) is 2.82. The van der Waals surface area contributed by atoms with Crippen molar-refractivity contribution in [3.05, 3.63) is 45.2 Å². The van der Waals surface area contributed by atoms with Crippen LogP contribution in [0, 0.1) is 17.0 Å². The molecule has 22 heavy (non-hydrogen) atoms. The third-order valence-corrected chi connectivity index (χ3v) is 3.06. The van der Waals surface area contributed by atoms with Gasteiger partial charge in [0, 0.05) is 24.2 Å². The Hall–Kier alpha value is -2.61. The number of nitro benzene ring substituents is 1. The van der Waals surface area contributed by atoms with Crippen molar-refractivity contribution in [3.8, 4) is 0 Å². The number of halogens is 1. The number of amides is 1. The van der Waals surface area contributed by atoms with Crippen LogP contribution in [0.15, 0.2) is 28.8 Å². The number of carbonyl (C=O) groups is 1. The van der Waals surface area contributed by atoms with Crippen molar-refractivity contribution in [2.75, 3.05) is 23.8 Å². The molecule has 0 unspecified atom stereocenters. The van der Waals surface area contributed by atoms with E-state index in [1.165, 1.54) is 23.1 Å². The van der Waals surface area contributed by atoms with E-state index in [1.807, 2.05) is 0 Å². The van der Waals surface area contributed by atoms with Gasteiger partial charge in [-0.25, -0.2) is 0 Å². The standard InChI is InChI=1S/C13H13ClN4O4/c1-8-5-12(16-22-8)15-13(19)7-17(2)10-4-3-9(14)6-11(10)18(20)21/h3-6H,7H2,1-2H3,(H,15,16,19). The number of nitrogens with one attached hydrogen (secondary N) is 1. The van der Waals surface area contributed by atoms with Crippen molar-refractivity contribution in [3.63, 3.8) is 0 Å². The monoisotopic (exact) mass is 324 g/mol. The lowest BCUT2D eigenvalue weighted by atomic mass is 10.2. The summed E-state index contributed by atoms with van der Waals surface area (Å²) in [5.41, 5.74) is 0.126. The largest absolute Gasteiger partial charge is 0.360 e. The highest BCUT2D eigenvalue weighted by Gasteiger charge is 2.19. The van der Waals surface area contributed by atoms with E-state index in [1.54, 1.807) is 20.0 Å². The molecule has 0 aliphatic carbocycles. The Morgan fingerprint density at radius 1 is 1.50 bits per heavy atom. The van der Waals surface area contributed by atoms with Gasteiger partial charge in [-0.05, 0) is 19.1 Å². The number of likely N-dealkylation sites (N-methyl/N-ethyl adjacent to an activating group) is 1. The highest BCUT2D eigenvalue weighted by Crippen LogP contribution is 2.30. The van der Waals surface area contributed by atoms with Gasteiger partial charge in [-0.3, -0.25) is 14.9 Å². The molecule has 1 amide bonds. The predicted molar refractivity (Wildman–Crippen MR) is 81.2 cm³/mol. The van der Waals surface area contributed by atoms with Gasteiger partial charge in [-0.15, -0.1) is 0 Å². The van der Waals surface area contributed by atoms with Crippen LogP contribution < -0.4 is 10.2 Å². The zero-order valence-electron chi connectivity index (χ0n) is 11.9. The summed E-state index contributed by atoms with van der Waals surface area (Å²) < 4.78 is 4.84. The molecule has 9 heteroatoms. The first-order valence-corrected chi connectivity index (χ1v) is 6.63. The van der Waals surface area contributed by atoms with Crippen molar-refractivity contribution in [2.24, 2.45) is 0 Å². The summed E-state index contributed by atoms with van der Waals surface area (Å²) in [6, 6.07) is 5.84. The first kappa shape index (κ1) is 15.8. The number of hydrogen-bond donors (Lipinski definition) is 1. The Morgan fingerprint density at radius 3 is 2.82 bits per heavy atom. The number of anilines is 2. The number of nitro groups is 1. The minimum atomic E-state index is -0.545. The van der Waals surface area contributed by atoms with E-state index in [4.69, 9.17) is 16.1 Å². The Bertz CT molecular complexity index is 716. The quantitative estimate of drug-likeness (QED) is 0.670. The number of aromatic nitrogens is 1. The van der Waals surface area contributed by atoms with E-state index < -0.39 is 4.92 Å². The molecule has 0 bridgehead atoms. The van der Waals surface area contributed by atoms with Crippen molar-refractivity contribution < 1.29 is 14.2 Å². The topological polar surface area (TPSA) is 102 Å². The number of benzene rings is 1. The van der Waals surface area contributed by atoms with Crippen LogP contribution in [-0.4, -0.2) is 29.6 Å². The zero-order valence-corrected chi connectivity index (χ0v) is 12.6. The van der Waals surface area contributed by atoms with Gasteiger partial charge < -0.3 is 14.7 Å². The molecule has 0 atom stereocenters. The Kier molecular flexibility index (Phi) is 4.62. The third kappa shape index (κ3) is 3.73. The number of rotatable bonds is 5. The molecule has 0 spiro atoms. The fraction of sp³-hybridized carbons (Fsp3) is 0.231. The highest BCUT2D eigenvalue weighted by molar-refractivity contribution is 6.30. The zero-order chi connectivity index (χ0) is 16.3. The molecule has 0 saturated carbocycles. The second kappa shape index (κ2) is 6.44. The number of nitrogens with zero attached hydrogens (tertiary/aromatic N) is 3. The smallest absolute Gasteiger partial charge is 0.294 e. The lowest BCUT2D eigenvalue weighted by molar-refractivity contribution is -0.384. The molecule has 2 aromatic rings. The number of carbonyl (C=O) groups excluding carboxylic acids is 1. The summed E-state index contributed by atoms with van der Waals surface area (Å²) in [4.78, 5) is 23.9. The number of aryl methyl sites for hydroxylation is 1. The van der Waals surface area contributed by atoms with Crippen LogP contribution >= 0.6 is 11.6 Å². The van der Waals surface area contributed by atoms with E-state index in [2.05, 4.69) is 10.5 Å². The van der Waals surface area contributed by atoms with Crippen molar-refractivity contribution in [1.82, 2.24) is 5.16 Å². The van der Waals surface area contributed by atoms with Crippen LogP contribution in [0.2, 0.25) is 5.02 Å². The predicted octanol–water partition coefficient (Wildman–Crippen LogP) is 2.62. The first-order chi connectivity index (χ1) is 10.4. The molecule has 1 aromatic carbocycles. The van der Waals surface area contributed by atoms with Crippen LogP contribution in [0.5, 0.6) is 0 Å². The summed E-state index contributed by atoms with van der Waals surface area (Å²) in [5, 5.41) is 17.5. The van der Waals surface area contributed by atoms with Crippen molar-refractivity contribution >= 4 is 34.7 Å². The van der Waals surface area contributed by atoms with Gasteiger partial charge in [-0.2, -0.15) is 0 Å². The summed E-state index contributed by atoms with van der Waals surface area (Å²) in [6.07, 6.45) is 0. The van der Waals surface area contributed by atoms with Crippen LogP contribution in [0.3, 0.4) is 0 Å². The molecule has 1 aromatic heterocycles. The molecular formula is C13H13ClN4O4. The molecule has 2 rings (SSSR count). The Balaban J connectivity index is 2.10. The highest BCUT2D eigenvalue weighted by atomic mass is 35.5. The lowest BCUT2D eigenvalue weighted by Crippen LogP contribution is -2.30. The van der Waals surface area contributed by atoms with Gasteiger partial charge in [0.25, 0.3) is 5.69 Å². The van der Waals surface area contributed by atoms with Crippen LogP contribution in [0.1, 0.15) is 5.76 Å². The maximum absolute atomic E-state index is 11.9. The Morgan fingerprint density at radius 2 is 2.23 bits per heavy atom. The average molecular weight is 325 g/mol. The molecule has 0 saturated heterocycles. The number of hydrogen-bond acceptors (Lipinski definition) is 6. The van der Waals surface area contributed by atoms with Crippen molar-refractivity contribution in [2.45, 2.75) is 6.92 Å². The SMILES string of the molecule is Cc1cc(NC(=O)CN(C)c2ccc(Cl)cc2[N+](=O)[O-])no1. The molecule has 0 radical (unpaired) electrons. The van der Waals surface area contributed by atoms with Gasteiger partial charge in [0.2, 0.25) is 5.91 Å². The van der Waals surface area contributed by atoms with E-state index >= 15 is 0 Å². The van der Waals surface area contributed by atoms with Gasteiger partial charge >= 0.3 is 0 Å². The first-order valence-electron chi connectivity index (χ1n) is 6.25. The summed E-state index contributed by atoms with van der Waals surface area (Å²) in [5.74, 6) is 0.485. The maximum atomic E-state index is 11.9. The molecule has 0 aliphatic heterocycles. The second-order valence-electron chi connectivity index (χ2n) is 4.62. The fourth-order valence-corrected chi connectivity index (χ4v) is 2.04. The minimum absolute atomic E-state index is 0.0889. The summed E-state index contributed by atoms with van der Waals surface area (Å²) in [7, 11) is 1.57. The fourth-order valence-electron chi connectivity index (χ4n) is 1.87. The Labute approximate surface area is 130 Å².